The molecule has 0 N–H and O–H groups in total. The first-order chi connectivity index (χ1) is 6.84. The first-order valence-electron chi connectivity index (χ1n) is 5.15. The molecular weight excluding hydrogens is 256 g/mol. The molecule has 1 aromatic rings. The lowest BCUT2D eigenvalue weighted by Gasteiger charge is -2.11. The zero-order valence-corrected chi connectivity index (χ0v) is 11.6. The predicted molar refractivity (Wildman–Crippen MR) is 67.5 cm³/mol. The van der Waals surface area contributed by atoms with Crippen molar-refractivity contribution in [2.24, 2.45) is 0 Å². The molecule has 0 fully saturated rings. The van der Waals surface area contributed by atoms with Crippen LogP contribution in [0.2, 0.25) is 6.04 Å². The van der Waals surface area contributed by atoms with Crippen LogP contribution in [0.3, 0.4) is 0 Å². The van der Waals surface area contributed by atoms with Crippen LogP contribution in [-0.4, -0.2) is 9.76 Å². The Kier molecular flexibility index (Phi) is 6.15. The van der Waals surface area contributed by atoms with Crippen LogP contribution in [0.4, 0.5) is 0 Å². The molecular formula is C11H17BrOSi. The third kappa shape index (κ3) is 4.40. The molecule has 1 nitrogen and oxygen atoms in total. The SMILES string of the molecule is CCCC[SiH2]OC(Br)c1ccccc1. The lowest BCUT2D eigenvalue weighted by Crippen LogP contribution is -2.01. The van der Waals surface area contributed by atoms with Gasteiger partial charge in [0, 0.05) is 0 Å². The fourth-order valence-corrected chi connectivity index (χ4v) is 3.38. The summed E-state index contributed by atoms with van der Waals surface area (Å²) in [4.78, 5) is 0. The summed E-state index contributed by atoms with van der Waals surface area (Å²) in [6, 6.07) is 11.6. The average molecular weight is 273 g/mol. The van der Waals surface area contributed by atoms with Gasteiger partial charge in [0.2, 0.25) is 0 Å². The van der Waals surface area contributed by atoms with E-state index in [0.29, 0.717) is 0 Å². The van der Waals surface area contributed by atoms with Crippen LogP contribution in [0, 0.1) is 0 Å². The van der Waals surface area contributed by atoms with E-state index in [-0.39, 0.29) is 14.8 Å². The fourth-order valence-electron chi connectivity index (χ4n) is 1.24. The van der Waals surface area contributed by atoms with Crippen molar-refractivity contribution in [1.82, 2.24) is 0 Å². The Balaban J connectivity index is 2.25. The summed E-state index contributed by atoms with van der Waals surface area (Å²) >= 11 is 3.55. The summed E-state index contributed by atoms with van der Waals surface area (Å²) in [6.07, 6.45) is 2.58. The van der Waals surface area contributed by atoms with Gasteiger partial charge in [-0.2, -0.15) is 0 Å². The van der Waals surface area contributed by atoms with Crippen LogP contribution < -0.4 is 0 Å². The smallest absolute Gasteiger partial charge is 0.163 e. The second-order valence-electron chi connectivity index (χ2n) is 3.30. The standard InChI is InChI=1S/C11H17BrOSi/c1-2-3-9-14-13-11(12)10-7-5-4-6-8-10/h4-8,11H,2-3,9,14H2,1H3. The maximum atomic E-state index is 5.79. The summed E-state index contributed by atoms with van der Waals surface area (Å²) < 4.78 is 5.79. The molecule has 0 aliphatic rings. The lowest BCUT2D eigenvalue weighted by atomic mass is 10.2. The molecule has 0 saturated heterocycles. The summed E-state index contributed by atoms with van der Waals surface area (Å²) in [5.41, 5.74) is 1.22. The Bertz CT molecular complexity index is 240. The molecule has 78 valence electrons. The minimum Gasteiger partial charge on any atom is -0.408 e. The van der Waals surface area contributed by atoms with Crippen LogP contribution in [0.1, 0.15) is 30.3 Å². The van der Waals surface area contributed by atoms with E-state index in [1.54, 1.807) is 0 Å². The number of halogens is 1. The molecule has 0 heterocycles. The van der Waals surface area contributed by atoms with E-state index in [1.807, 2.05) is 18.2 Å². The highest BCUT2D eigenvalue weighted by Gasteiger charge is 2.05. The van der Waals surface area contributed by atoms with E-state index in [9.17, 15) is 0 Å². The topological polar surface area (TPSA) is 9.23 Å². The Morgan fingerprint density at radius 1 is 1.36 bits per heavy atom. The molecule has 0 spiro atoms. The van der Waals surface area contributed by atoms with Gasteiger partial charge < -0.3 is 4.43 Å². The molecule has 0 aliphatic heterocycles. The molecule has 0 aromatic heterocycles. The van der Waals surface area contributed by atoms with Gasteiger partial charge in [-0.25, -0.2) is 0 Å². The molecule has 14 heavy (non-hydrogen) atoms. The van der Waals surface area contributed by atoms with Crippen LogP contribution in [0.25, 0.3) is 0 Å². The second-order valence-corrected chi connectivity index (χ2v) is 5.58. The zero-order valence-electron chi connectivity index (χ0n) is 8.58. The molecule has 1 atom stereocenters. The van der Waals surface area contributed by atoms with Gasteiger partial charge in [-0.05, 0) is 11.6 Å². The van der Waals surface area contributed by atoms with Gasteiger partial charge in [0.25, 0.3) is 0 Å². The molecule has 1 rings (SSSR count). The molecule has 0 radical (unpaired) electrons. The predicted octanol–water partition coefficient (Wildman–Crippen LogP) is 3.40. The third-order valence-electron chi connectivity index (χ3n) is 2.07. The minimum absolute atomic E-state index is 0.104. The second kappa shape index (κ2) is 7.21. The Morgan fingerprint density at radius 3 is 2.71 bits per heavy atom. The highest BCUT2D eigenvalue weighted by atomic mass is 79.9. The molecule has 1 unspecified atom stereocenters. The number of hydrogen-bond acceptors (Lipinski definition) is 1. The largest absolute Gasteiger partial charge is 0.408 e. The minimum atomic E-state index is -0.338. The summed E-state index contributed by atoms with van der Waals surface area (Å²) in [5, 5.41) is 0.104. The average Bonchev–Trinajstić information content (AvgIpc) is 2.25. The molecule has 1 aromatic carbocycles. The van der Waals surface area contributed by atoms with Crippen molar-refractivity contribution in [2.75, 3.05) is 0 Å². The number of benzene rings is 1. The molecule has 0 saturated carbocycles. The molecule has 0 amide bonds. The van der Waals surface area contributed by atoms with E-state index in [0.717, 1.165) is 0 Å². The van der Waals surface area contributed by atoms with Gasteiger partial charge in [-0.3, -0.25) is 0 Å². The van der Waals surface area contributed by atoms with E-state index >= 15 is 0 Å². The highest BCUT2D eigenvalue weighted by Crippen LogP contribution is 2.23. The van der Waals surface area contributed by atoms with E-state index in [4.69, 9.17) is 4.43 Å². The normalized spacial score (nSPS) is 13.6. The van der Waals surface area contributed by atoms with E-state index in [2.05, 4.69) is 35.0 Å². The van der Waals surface area contributed by atoms with Crippen molar-refractivity contribution in [1.29, 1.82) is 0 Å². The van der Waals surface area contributed by atoms with Gasteiger partial charge in [0.15, 0.2) is 9.76 Å². The van der Waals surface area contributed by atoms with Crippen LogP contribution in [-0.2, 0) is 4.43 Å². The van der Waals surface area contributed by atoms with Crippen molar-refractivity contribution in [3.05, 3.63) is 35.9 Å². The quantitative estimate of drug-likeness (QED) is 0.438. The molecule has 0 bridgehead atoms. The highest BCUT2D eigenvalue weighted by molar-refractivity contribution is 9.09. The molecule has 3 heteroatoms. The van der Waals surface area contributed by atoms with Crippen molar-refractivity contribution in [3.63, 3.8) is 0 Å². The van der Waals surface area contributed by atoms with Crippen LogP contribution in [0.15, 0.2) is 30.3 Å². The Morgan fingerprint density at radius 2 is 2.07 bits per heavy atom. The summed E-state index contributed by atoms with van der Waals surface area (Å²) in [5.74, 6) is 0. The van der Waals surface area contributed by atoms with Crippen molar-refractivity contribution < 1.29 is 4.43 Å². The van der Waals surface area contributed by atoms with Crippen molar-refractivity contribution in [2.45, 2.75) is 30.8 Å². The number of alkyl halides is 1. The first-order valence-corrected chi connectivity index (χ1v) is 7.64. The van der Waals surface area contributed by atoms with Crippen LogP contribution >= 0.6 is 15.9 Å². The number of unbranched alkanes of at least 4 members (excludes halogenated alkanes) is 1. The van der Waals surface area contributed by atoms with Gasteiger partial charge in [0.05, 0.1) is 0 Å². The zero-order chi connectivity index (χ0) is 10.2. The van der Waals surface area contributed by atoms with Crippen molar-refractivity contribution in [3.8, 4) is 0 Å². The van der Waals surface area contributed by atoms with E-state index in [1.165, 1.54) is 24.4 Å². The summed E-state index contributed by atoms with van der Waals surface area (Å²) in [7, 11) is -0.338. The Labute approximate surface area is 96.9 Å². The maximum Gasteiger partial charge on any atom is 0.163 e. The van der Waals surface area contributed by atoms with Gasteiger partial charge >= 0.3 is 0 Å². The number of hydrogen-bond donors (Lipinski definition) is 0. The Hall–Kier alpha value is -0.123. The van der Waals surface area contributed by atoms with Gasteiger partial charge in [-0.1, -0.05) is 66.0 Å². The maximum absolute atomic E-state index is 5.79. The van der Waals surface area contributed by atoms with Gasteiger partial charge in [-0.15, -0.1) is 0 Å². The summed E-state index contributed by atoms with van der Waals surface area (Å²) in [6.45, 7) is 2.22. The number of rotatable bonds is 6. The monoisotopic (exact) mass is 272 g/mol. The van der Waals surface area contributed by atoms with E-state index < -0.39 is 0 Å². The van der Waals surface area contributed by atoms with Crippen molar-refractivity contribution >= 4 is 25.7 Å². The molecule has 0 aliphatic carbocycles. The third-order valence-corrected chi connectivity index (χ3v) is 4.71. The first kappa shape index (κ1) is 11.9. The van der Waals surface area contributed by atoms with Crippen LogP contribution in [0.5, 0.6) is 0 Å². The fraction of sp³-hybridized carbons (Fsp3) is 0.455. The lowest BCUT2D eigenvalue weighted by molar-refractivity contribution is 0.318. The van der Waals surface area contributed by atoms with Gasteiger partial charge in [0.1, 0.15) is 5.01 Å².